The fourth-order valence-corrected chi connectivity index (χ4v) is 3.73. The van der Waals surface area contributed by atoms with Crippen molar-refractivity contribution in [3.05, 3.63) is 84.4 Å². The van der Waals surface area contributed by atoms with E-state index in [1.54, 1.807) is 6.08 Å². The topological polar surface area (TPSA) is 95.5 Å². The highest BCUT2D eigenvalue weighted by Crippen LogP contribution is 2.34. The van der Waals surface area contributed by atoms with Crippen molar-refractivity contribution in [3.63, 3.8) is 0 Å². The summed E-state index contributed by atoms with van der Waals surface area (Å²) in [5.74, 6) is 0. The lowest BCUT2D eigenvalue weighted by Gasteiger charge is -2.47. The Bertz CT molecular complexity index is 878. The van der Waals surface area contributed by atoms with Gasteiger partial charge in [-0.1, -0.05) is 66.7 Å². The molecule has 0 aromatic heterocycles. The minimum Gasteiger partial charge on any atom is -0.445 e. The Hall–Kier alpha value is -2.75. The van der Waals surface area contributed by atoms with Crippen LogP contribution in [0, 0.1) is 0 Å². The van der Waals surface area contributed by atoms with Crippen molar-refractivity contribution in [3.8, 4) is 0 Å². The van der Waals surface area contributed by atoms with Gasteiger partial charge in [0.15, 0.2) is 12.6 Å². The normalized spacial score (nSPS) is 29.5. The second-order valence-electron chi connectivity index (χ2n) is 7.56. The molecule has 2 aliphatic heterocycles. The number of aliphatic hydroxyl groups is 1. The molecule has 2 fully saturated rings. The first-order chi connectivity index (χ1) is 15.7. The molecule has 0 saturated carbocycles. The lowest BCUT2D eigenvalue weighted by atomic mass is 9.96. The van der Waals surface area contributed by atoms with E-state index < -0.39 is 43.0 Å². The van der Waals surface area contributed by atoms with Crippen molar-refractivity contribution in [1.29, 1.82) is 0 Å². The van der Waals surface area contributed by atoms with Crippen molar-refractivity contribution < 1.29 is 33.6 Å². The molecule has 2 aliphatic rings. The molecule has 2 N–H and O–H groups in total. The van der Waals surface area contributed by atoms with Crippen LogP contribution in [0.15, 0.2) is 73.3 Å². The van der Waals surface area contributed by atoms with Crippen LogP contribution in [0.5, 0.6) is 0 Å². The number of hydrogen-bond acceptors (Lipinski definition) is 7. The maximum absolute atomic E-state index is 12.5. The monoisotopic (exact) mass is 441 g/mol. The van der Waals surface area contributed by atoms with Crippen LogP contribution < -0.4 is 5.32 Å². The number of hydrogen-bond donors (Lipinski definition) is 2. The fourth-order valence-electron chi connectivity index (χ4n) is 3.73. The summed E-state index contributed by atoms with van der Waals surface area (Å²) in [6, 6.07) is 17.8. The van der Waals surface area contributed by atoms with Crippen LogP contribution in [0.3, 0.4) is 0 Å². The molecule has 0 bridgehead atoms. The fraction of sp³-hybridized carbons (Fsp3) is 0.375. The van der Waals surface area contributed by atoms with Crippen LogP contribution in [-0.2, 0) is 30.3 Å². The molecular formula is C24H27NO7. The third kappa shape index (κ3) is 5.35. The highest BCUT2D eigenvalue weighted by atomic mass is 16.7. The predicted octanol–water partition coefficient (Wildman–Crippen LogP) is 2.68. The summed E-state index contributed by atoms with van der Waals surface area (Å²) in [4.78, 5) is 12.5. The lowest BCUT2D eigenvalue weighted by Crippen LogP contribution is -2.66. The zero-order chi connectivity index (χ0) is 22.3. The van der Waals surface area contributed by atoms with Gasteiger partial charge in [-0.15, -0.1) is 6.58 Å². The third-order valence-corrected chi connectivity index (χ3v) is 5.31. The smallest absolute Gasteiger partial charge is 0.407 e. The molecule has 170 valence electrons. The van der Waals surface area contributed by atoms with E-state index in [-0.39, 0.29) is 19.8 Å². The van der Waals surface area contributed by atoms with E-state index in [9.17, 15) is 9.90 Å². The summed E-state index contributed by atoms with van der Waals surface area (Å²) < 4.78 is 28.7. The number of amides is 1. The Kier molecular flexibility index (Phi) is 7.51. The molecule has 8 heteroatoms. The highest BCUT2D eigenvalue weighted by molar-refractivity contribution is 5.67. The van der Waals surface area contributed by atoms with Crippen molar-refractivity contribution in [2.45, 2.75) is 43.5 Å². The summed E-state index contributed by atoms with van der Waals surface area (Å²) in [6.07, 6.45) is -3.09. The van der Waals surface area contributed by atoms with Gasteiger partial charge in [0.2, 0.25) is 0 Å². The number of alkyl carbamates (subject to hydrolysis) is 1. The van der Waals surface area contributed by atoms with E-state index in [1.165, 1.54) is 0 Å². The SMILES string of the molecule is C=CCO[C@H]1O[C@@H]2CO[C@@H](c3ccccc3)O[C@H]2[C@@H](O)[C@H]1NC(=O)OCc1ccccc1. The summed E-state index contributed by atoms with van der Waals surface area (Å²) in [7, 11) is 0. The molecule has 1 amide bonds. The summed E-state index contributed by atoms with van der Waals surface area (Å²) >= 11 is 0. The van der Waals surface area contributed by atoms with Crippen LogP contribution in [-0.4, -0.2) is 55.1 Å². The molecule has 0 spiro atoms. The standard InChI is InChI=1S/C24H27NO7/c1-2-13-28-23-19(25-24(27)30-14-16-9-5-3-6-10-16)20(26)21-18(31-23)15-29-22(32-21)17-11-7-4-8-12-17/h2-12,18-23,26H,1,13-15H2,(H,25,27)/t18-,19-,20+,21-,22-,23+/m1/s1. The van der Waals surface area contributed by atoms with Crippen LogP contribution in [0.25, 0.3) is 0 Å². The van der Waals surface area contributed by atoms with Gasteiger partial charge in [-0.05, 0) is 5.56 Å². The summed E-state index contributed by atoms with van der Waals surface area (Å²) in [6.45, 7) is 4.12. The minimum atomic E-state index is -1.11. The van der Waals surface area contributed by atoms with E-state index in [4.69, 9.17) is 23.7 Å². The van der Waals surface area contributed by atoms with Gasteiger partial charge in [0.05, 0.1) is 13.2 Å². The number of ether oxygens (including phenoxy) is 5. The van der Waals surface area contributed by atoms with Crippen molar-refractivity contribution in [1.82, 2.24) is 5.32 Å². The first-order valence-corrected chi connectivity index (χ1v) is 10.5. The molecule has 2 aromatic carbocycles. The molecule has 0 radical (unpaired) electrons. The Balaban J connectivity index is 1.43. The van der Waals surface area contributed by atoms with Crippen LogP contribution in [0.1, 0.15) is 17.4 Å². The van der Waals surface area contributed by atoms with Gasteiger partial charge < -0.3 is 34.1 Å². The maximum atomic E-state index is 12.5. The first kappa shape index (κ1) is 22.4. The molecule has 8 nitrogen and oxygen atoms in total. The van der Waals surface area contributed by atoms with E-state index in [0.29, 0.717) is 0 Å². The van der Waals surface area contributed by atoms with Gasteiger partial charge in [0.25, 0.3) is 0 Å². The van der Waals surface area contributed by atoms with E-state index in [0.717, 1.165) is 11.1 Å². The van der Waals surface area contributed by atoms with E-state index in [2.05, 4.69) is 11.9 Å². The third-order valence-electron chi connectivity index (χ3n) is 5.31. The second kappa shape index (κ2) is 10.7. The first-order valence-electron chi connectivity index (χ1n) is 10.5. The zero-order valence-electron chi connectivity index (χ0n) is 17.5. The summed E-state index contributed by atoms with van der Waals surface area (Å²) in [5, 5.41) is 13.8. The van der Waals surface area contributed by atoms with Gasteiger partial charge in [-0.3, -0.25) is 0 Å². The molecule has 6 atom stereocenters. The zero-order valence-corrected chi connectivity index (χ0v) is 17.5. The molecule has 32 heavy (non-hydrogen) atoms. The van der Waals surface area contributed by atoms with Crippen LogP contribution in [0.2, 0.25) is 0 Å². The summed E-state index contributed by atoms with van der Waals surface area (Å²) in [5.41, 5.74) is 1.68. The Labute approximate surface area is 186 Å². The number of fused-ring (bicyclic) bond motifs is 1. The lowest BCUT2D eigenvalue weighted by molar-refractivity contribution is -0.342. The number of carbonyl (C=O) groups excluding carboxylic acids is 1. The van der Waals surface area contributed by atoms with Gasteiger partial charge in [0, 0.05) is 5.56 Å². The maximum Gasteiger partial charge on any atom is 0.407 e. The van der Waals surface area contributed by atoms with Gasteiger partial charge in [0.1, 0.15) is 31.0 Å². The number of aliphatic hydroxyl groups excluding tert-OH is 1. The average molecular weight is 441 g/mol. The molecule has 0 aliphatic carbocycles. The predicted molar refractivity (Wildman–Crippen MR) is 114 cm³/mol. The molecule has 2 aromatic rings. The quantitative estimate of drug-likeness (QED) is 0.638. The van der Waals surface area contributed by atoms with Gasteiger partial charge in [-0.25, -0.2) is 4.79 Å². The largest absolute Gasteiger partial charge is 0.445 e. The van der Waals surface area contributed by atoms with Crippen molar-refractivity contribution >= 4 is 6.09 Å². The number of carbonyl (C=O) groups is 1. The van der Waals surface area contributed by atoms with Crippen molar-refractivity contribution in [2.75, 3.05) is 13.2 Å². The van der Waals surface area contributed by atoms with Crippen LogP contribution in [0.4, 0.5) is 4.79 Å². The van der Waals surface area contributed by atoms with Crippen LogP contribution >= 0.6 is 0 Å². The van der Waals surface area contributed by atoms with E-state index >= 15 is 0 Å². The molecule has 2 heterocycles. The molecule has 4 rings (SSSR count). The van der Waals surface area contributed by atoms with E-state index in [1.807, 2.05) is 60.7 Å². The number of benzene rings is 2. The number of nitrogens with one attached hydrogen (secondary N) is 1. The highest BCUT2D eigenvalue weighted by Gasteiger charge is 2.50. The second-order valence-corrected chi connectivity index (χ2v) is 7.56. The average Bonchev–Trinajstić information content (AvgIpc) is 2.84. The van der Waals surface area contributed by atoms with Gasteiger partial charge in [-0.2, -0.15) is 0 Å². The molecular weight excluding hydrogens is 414 g/mol. The molecule has 2 saturated heterocycles. The minimum absolute atomic E-state index is 0.0982. The Morgan fingerprint density at radius 2 is 1.84 bits per heavy atom. The Morgan fingerprint density at radius 3 is 2.56 bits per heavy atom. The Morgan fingerprint density at radius 1 is 1.12 bits per heavy atom. The van der Waals surface area contributed by atoms with Gasteiger partial charge >= 0.3 is 6.09 Å². The molecule has 0 unspecified atom stereocenters. The number of rotatable bonds is 7. The van der Waals surface area contributed by atoms with Crippen molar-refractivity contribution in [2.24, 2.45) is 0 Å².